The van der Waals surface area contributed by atoms with Crippen LogP contribution in [0.15, 0.2) is 36.5 Å². The Balaban J connectivity index is 1.32. The Hall–Kier alpha value is -1.82. The van der Waals surface area contributed by atoms with Crippen molar-refractivity contribution in [2.45, 2.75) is 43.7 Å². The molecule has 29 heavy (non-hydrogen) atoms. The Morgan fingerprint density at radius 2 is 1.93 bits per heavy atom. The summed E-state index contributed by atoms with van der Waals surface area (Å²) in [7, 11) is 0. The molecule has 4 aliphatic rings. The van der Waals surface area contributed by atoms with Crippen LogP contribution < -0.4 is 10.1 Å². The molecule has 1 aromatic heterocycles. The maximum atomic E-state index is 13.0. The number of pyridine rings is 1. The van der Waals surface area contributed by atoms with Crippen molar-refractivity contribution in [3.05, 3.63) is 52.1 Å². The molecular formula is C22H22Cl2N2O3. The quantitative estimate of drug-likeness (QED) is 0.723. The third-order valence-corrected chi connectivity index (χ3v) is 7.12. The lowest BCUT2D eigenvalue weighted by molar-refractivity contribution is -0.146. The molecule has 0 saturated heterocycles. The Bertz CT molecular complexity index is 953. The van der Waals surface area contributed by atoms with Crippen molar-refractivity contribution in [3.63, 3.8) is 0 Å². The highest BCUT2D eigenvalue weighted by Crippen LogP contribution is 2.55. The first-order chi connectivity index (χ1) is 13.9. The van der Waals surface area contributed by atoms with Crippen molar-refractivity contribution >= 4 is 29.1 Å². The maximum absolute atomic E-state index is 13.0. The molecule has 5 atom stereocenters. The second-order valence-electron chi connectivity index (χ2n) is 8.73. The Labute approximate surface area is 179 Å². The molecule has 5 nitrogen and oxygen atoms in total. The Morgan fingerprint density at radius 1 is 1.17 bits per heavy atom. The third-order valence-electron chi connectivity index (χ3n) is 6.64. The van der Waals surface area contributed by atoms with E-state index < -0.39 is 5.60 Å². The normalized spacial score (nSPS) is 32.2. The molecule has 4 saturated carbocycles. The van der Waals surface area contributed by atoms with Crippen molar-refractivity contribution in [1.82, 2.24) is 10.3 Å². The average molecular weight is 433 g/mol. The van der Waals surface area contributed by atoms with E-state index >= 15 is 0 Å². The van der Waals surface area contributed by atoms with Gasteiger partial charge in [0.25, 0.3) is 5.91 Å². The van der Waals surface area contributed by atoms with Gasteiger partial charge in [0, 0.05) is 11.8 Å². The fraction of sp³-hybridized carbons (Fsp3) is 0.455. The van der Waals surface area contributed by atoms with Gasteiger partial charge in [-0.05, 0) is 74.1 Å². The Kier molecular flexibility index (Phi) is 4.72. The van der Waals surface area contributed by atoms with Gasteiger partial charge in [-0.1, -0.05) is 29.3 Å². The topological polar surface area (TPSA) is 71.5 Å². The van der Waals surface area contributed by atoms with Crippen molar-refractivity contribution < 1.29 is 14.6 Å². The minimum absolute atomic E-state index is 0.181. The second-order valence-corrected chi connectivity index (χ2v) is 9.58. The van der Waals surface area contributed by atoms with Crippen molar-refractivity contribution in [1.29, 1.82) is 0 Å². The van der Waals surface area contributed by atoms with Gasteiger partial charge >= 0.3 is 0 Å². The number of hydrogen-bond donors (Lipinski definition) is 2. The van der Waals surface area contributed by atoms with Crippen LogP contribution in [0, 0.1) is 17.8 Å². The first-order valence-corrected chi connectivity index (χ1v) is 10.8. The maximum Gasteiger partial charge on any atom is 0.251 e. The van der Waals surface area contributed by atoms with Gasteiger partial charge in [0.1, 0.15) is 10.8 Å². The fourth-order valence-electron chi connectivity index (χ4n) is 5.76. The number of aliphatic hydroxyl groups is 1. The summed E-state index contributed by atoms with van der Waals surface area (Å²) in [5, 5.41) is 15.0. The van der Waals surface area contributed by atoms with Gasteiger partial charge in [0.05, 0.1) is 16.7 Å². The van der Waals surface area contributed by atoms with Crippen molar-refractivity contribution in [3.8, 4) is 11.6 Å². The molecule has 6 rings (SSSR count). The summed E-state index contributed by atoms with van der Waals surface area (Å²) in [5.41, 5.74) is -0.288. The molecule has 1 amide bonds. The van der Waals surface area contributed by atoms with Crippen LogP contribution in [0.25, 0.3) is 0 Å². The van der Waals surface area contributed by atoms with Gasteiger partial charge in [-0.3, -0.25) is 4.79 Å². The van der Waals surface area contributed by atoms with E-state index in [0.29, 0.717) is 39.1 Å². The molecule has 1 heterocycles. The SMILES string of the molecule is O=C(N[C@H]1C2CC3C[C@@H](C2)CC1(O)C3)c1cccc(Oc2ncc(Cl)cc2Cl)c1. The monoisotopic (exact) mass is 432 g/mol. The smallest absolute Gasteiger partial charge is 0.251 e. The zero-order valence-corrected chi connectivity index (χ0v) is 17.3. The van der Waals surface area contributed by atoms with Crippen LogP contribution in [0.1, 0.15) is 42.5 Å². The Morgan fingerprint density at radius 3 is 2.62 bits per heavy atom. The van der Waals surface area contributed by atoms with Crippen LogP contribution in [-0.4, -0.2) is 27.6 Å². The van der Waals surface area contributed by atoms with E-state index in [0.717, 1.165) is 25.7 Å². The average Bonchev–Trinajstić information content (AvgIpc) is 2.66. The molecule has 7 heteroatoms. The zero-order chi connectivity index (χ0) is 20.2. The van der Waals surface area contributed by atoms with Crippen molar-refractivity contribution in [2.75, 3.05) is 0 Å². The summed E-state index contributed by atoms with van der Waals surface area (Å²) in [6.07, 6.45) is 6.50. The lowest BCUT2D eigenvalue weighted by atomic mass is 9.52. The number of hydrogen-bond acceptors (Lipinski definition) is 4. The number of halogens is 2. The van der Waals surface area contributed by atoms with Gasteiger partial charge < -0.3 is 15.2 Å². The number of aromatic nitrogens is 1. The van der Waals surface area contributed by atoms with E-state index in [-0.39, 0.29) is 17.8 Å². The highest BCUT2D eigenvalue weighted by atomic mass is 35.5. The molecule has 4 aliphatic carbocycles. The molecule has 152 valence electrons. The van der Waals surface area contributed by atoms with E-state index in [1.54, 1.807) is 30.3 Å². The molecule has 0 aliphatic heterocycles. The number of amides is 1. The number of carbonyl (C=O) groups is 1. The summed E-state index contributed by atoms with van der Waals surface area (Å²) in [6, 6.07) is 8.25. The second kappa shape index (κ2) is 7.15. The van der Waals surface area contributed by atoms with Gasteiger partial charge in [0.2, 0.25) is 5.88 Å². The predicted octanol–water partition coefficient (Wildman–Crippen LogP) is 4.85. The minimum atomic E-state index is -0.765. The summed E-state index contributed by atoms with van der Waals surface area (Å²) in [5.74, 6) is 2.07. The van der Waals surface area contributed by atoms with Gasteiger partial charge in [-0.2, -0.15) is 0 Å². The summed E-state index contributed by atoms with van der Waals surface area (Å²) < 4.78 is 5.73. The van der Waals surface area contributed by atoms with E-state index in [1.807, 2.05) is 0 Å². The summed E-state index contributed by atoms with van der Waals surface area (Å²) in [6.45, 7) is 0. The van der Waals surface area contributed by atoms with Crippen LogP contribution in [-0.2, 0) is 0 Å². The lowest BCUT2D eigenvalue weighted by Crippen LogP contribution is -2.66. The molecule has 2 N–H and O–H groups in total. The third kappa shape index (κ3) is 3.60. The van der Waals surface area contributed by atoms with Crippen LogP contribution in [0.5, 0.6) is 11.6 Å². The first kappa shape index (κ1) is 19.2. The molecule has 2 aromatic rings. The van der Waals surface area contributed by atoms with E-state index in [9.17, 15) is 9.90 Å². The highest BCUT2D eigenvalue weighted by molar-refractivity contribution is 6.35. The minimum Gasteiger partial charge on any atom is -0.438 e. The number of carbonyl (C=O) groups excluding carboxylic acids is 1. The molecule has 1 aromatic carbocycles. The summed E-state index contributed by atoms with van der Waals surface area (Å²) >= 11 is 12.0. The molecule has 3 unspecified atom stereocenters. The van der Waals surface area contributed by atoms with Crippen LogP contribution in [0.4, 0.5) is 0 Å². The van der Waals surface area contributed by atoms with E-state index in [1.165, 1.54) is 12.6 Å². The predicted molar refractivity (Wildman–Crippen MR) is 111 cm³/mol. The van der Waals surface area contributed by atoms with Gasteiger partial charge in [0.15, 0.2) is 0 Å². The van der Waals surface area contributed by atoms with Crippen LogP contribution in [0.3, 0.4) is 0 Å². The van der Waals surface area contributed by atoms with Crippen LogP contribution >= 0.6 is 23.2 Å². The van der Waals surface area contributed by atoms with E-state index in [4.69, 9.17) is 27.9 Å². The number of nitrogens with zero attached hydrogens (tertiary/aromatic N) is 1. The van der Waals surface area contributed by atoms with Gasteiger partial charge in [-0.15, -0.1) is 0 Å². The lowest BCUT2D eigenvalue weighted by Gasteiger charge is -2.58. The molecule has 0 spiro atoms. The number of nitrogens with one attached hydrogen (secondary N) is 1. The fourth-order valence-corrected chi connectivity index (χ4v) is 6.18. The zero-order valence-electron chi connectivity index (χ0n) is 15.8. The molecule has 4 fully saturated rings. The largest absolute Gasteiger partial charge is 0.438 e. The van der Waals surface area contributed by atoms with E-state index in [2.05, 4.69) is 10.3 Å². The van der Waals surface area contributed by atoms with Crippen LogP contribution in [0.2, 0.25) is 10.0 Å². The molecule has 4 bridgehead atoms. The van der Waals surface area contributed by atoms with Gasteiger partial charge in [-0.25, -0.2) is 4.98 Å². The highest BCUT2D eigenvalue weighted by Gasteiger charge is 2.56. The first-order valence-electron chi connectivity index (χ1n) is 10.0. The molecular weight excluding hydrogens is 411 g/mol. The number of rotatable bonds is 4. The number of benzene rings is 1. The summed E-state index contributed by atoms with van der Waals surface area (Å²) in [4.78, 5) is 17.0. The standard InChI is InChI=1S/C22H22Cl2N2O3/c23-16-8-18(24)21(25-11-16)29-17-3-1-2-14(7-17)20(27)26-19-15-5-12-4-13(6-15)10-22(19,28)9-12/h1-3,7-8,11-13,15,19,28H,4-6,9-10H2,(H,26,27)/t12-,13?,15?,19-,22?/m0/s1. The molecule has 0 radical (unpaired) electrons. The van der Waals surface area contributed by atoms with Crippen molar-refractivity contribution in [2.24, 2.45) is 17.8 Å². The number of ether oxygens (including phenoxy) is 1.